The number of amides is 2. The molecule has 1 heterocycles. The molecule has 2 aromatic carbocycles. The van der Waals surface area contributed by atoms with Crippen LogP contribution in [-0.4, -0.2) is 35.3 Å². The van der Waals surface area contributed by atoms with Crippen LogP contribution in [0, 0.1) is 0 Å². The van der Waals surface area contributed by atoms with Gasteiger partial charge in [0.05, 0.1) is 11.3 Å². The Labute approximate surface area is 179 Å². The molecule has 0 unspecified atom stereocenters. The van der Waals surface area contributed by atoms with Gasteiger partial charge in [0.25, 0.3) is 11.8 Å². The zero-order valence-electron chi connectivity index (χ0n) is 18.3. The molecule has 0 aromatic heterocycles. The molecular formula is C25H33N3O2. The van der Waals surface area contributed by atoms with E-state index in [4.69, 9.17) is 0 Å². The molecule has 1 aliphatic heterocycles. The summed E-state index contributed by atoms with van der Waals surface area (Å²) in [5.41, 5.74) is 2.42. The number of benzene rings is 2. The van der Waals surface area contributed by atoms with Crippen molar-refractivity contribution >= 4 is 17.5 Å². The summed E-state index contributed by atoms with van der Waals surface area (Å²) in [4.78, 5) is 27.9. The SMILES string of the molecule is CC(C)(C)NC(=O)c1ccccc1NC(=O)c1ccc(CN2CCCCCC2)cc1. The highest BCUT2D eigenvalue weighted by atomic mass is 16.2. The molecule has 5 heteroatoms. The molecule has 0 saturated carbocycles. The first-order valence-electron chi connectivity index (χ1n) is 10.9. The summed E-state index contributed by atoms with van der Waals surface area (Å²) in [6, 6.07) is 14.9. The fourth-order valence-corrected chi connectivity index (χ4v) is 3.71. The third-order valence-corrected chi connectivity index (χ3v) is 5.23. The van der Waals surface area contributed by atoms with Gasteiger partial charge in [-0.2, -0.15) is 0 Å². The van der Waals surface area contributed by atoms with Crippen LogP contribution in [0.1, 0.15) is 72.7 Å². The summed E-state index contributed by atoms with van der Waals surface area (Å²) in [6.07, 6.45) is 5.18. The normalized spacial score (nSPS) is 15.3. The van der Waals surface area contributed by atoms with Crippen LogP contribution in [0.2, 0.25) is 0 Å². The van der Waals surface area contributed by atoms with Crippen LogP contribution >= 0.6 is 0 Å². The Morgan fingerprint density at radius 2 is 1.50 bits per heavy atom. The maximum Gasteiger partial charge on any atom is 0.255 e. The van der Waals surface area contributed by atoms with Crippen molar-refractivity contribution in [2.75, 3.05) is 18.4 Å². The lowest BCUT2D eigenvalue weighted by Gasteiger charge is -2.21. The van der Waals surface area contributed by atoms with Crippen molar-refractivity contribution in [1.82, 2.24) is 10.2 Å². The van der Waals surface area contributed by atoms with E-state index >= 15 is 0 Å². The van der Waals surface area contributed by atoms with Crippen LogP contribution in [0.4, 0.5) is 5.69 Å². The number of carbonyl (C=O) groups excluding carboxylic acids is 2. The Bertz CT molecular complexity index is 861. The minimum absolute atomic E-state index is 0.203. The number of hydrogen-bond donors (Lipinski definition) is 2. The zero-order chi connectivity index (χ0) is 21.6. The Kier molecular flexibility index (Phi) is 7.27. The van der Waals surface area contributed by atoms with Crippen molar-refractivity contribution in [3.05, 3.63) is 65.2 Å². The van der Waals surface area contributed by atoms with Gasteiger partial charge >= 0.3 is 0 Å². The smallest absolute Gasteiger partial charge is 0.255 e. The molecule has 2 amide bonds. The predicted molar refractivity (Wildman–Crippen MR) is 122 cm³/mol. The molecule has 30 heavy (non-hydrogen) atoms. The third-order valence-electron chi connectivity index (χ3n) is 5.23. The van der Waals surface area contributed by atoms with Crippen molar-refractivity contribution in [3.8, 4) is 0 Å². The van der Waals surface area contributed by atoms with E-state index in [1.54, 1.807) is 18.2 Å². The van der Waals surface area contributed by atoms with Crippen molar-refractivity contribution in [3.63, 3.8) is 0 Å². The zero-order valence-corrected chi connectivity index (χ0v) is 18.3. The van der Waals surface area contributed by atoms with Crippen molar-refractivity contribution < 1.29 is 9.59 Å². The molecule has 0 spiro atoms. The topological polar surface area (TPSA) is 61.4 Å². The predicted octanol–water partition coefficient (Wildman–Crippen LogP) is 4.84. The van der Waals surface area contributed by atoms with E-state index < -0.39 is 0 Å². The van der Waals surface area contributed by atoms with Gasteiger partial charge in [0.2, 0.25) is 0 Å². The molecule has 0 bridgehead atoms. The molecule has 5 nitrogen and oxygen atoms in total. The lowest BCUT2D eigenvalue weighted by atomic mass is 10.1. The molecular weight excluding hydrogens is 374 g/mol. The second-order valence-electron chi connectivity index (χ2n) is 9.09. The van der Waals surface area contributed by atoms with E-state index in [0.29, 0.717) is 16.8 Å². The molecule has 1 saturated heterocycles. The number of nitrogens with zero attached hydrogens (tertiary/aromatic N) is 1. The highest BCUT2D eigenvalue weighted by Gasteiger charge is 2.19. The molecule has 1 fully saturated rings. The lowest BCUT2D eigenvalue weighted by molar-refractivity contribution is 0.0920. The van der Waals surface area contributed by atoms with Gasteiger partial charge < -0.3 is 10.6 Å². The fraction of sp³-hybridized carbons (Fsp3) is 0.440. The minimum atomic E-state index is -0.350. The number of carbonyl (C=O) groups is 2. The maximum atomic E-state index is 12.8. The average Bonchev–Trinajstić information content (AvgIpc) is 2.96. The van der Waals surface area contributed by atoms with E-state index in [1.165, 1.54) is 31.2 Å². The van der Waals surface area contributed by atoms with Gasteiger partial charge in [-0.1, -0.05) is 37.1 Å². The summed E-state index contributed by atoms with van der Waals surface area (Å²) in [6.45, 7) is 9.01. The van der Waals surface area contributed by atoms with Crippen molar-refractivity contribution in [2.45, 2.75) is 58.5 Å². The summed E-state index contributed by atoms with van der Waals surface area (Å²) < 4.78 is 0. The number of likely N-dealkylation sites (tertiary alicyclic amines) is 1. The van der Waals surface area contributed by atoms with Crippen LogP contribution in [0.25, 0.3) is 0 Å². The highest BCUT2D eigenvalue weighted by molar-refractivity contribution is 6.09. The van der Waals surface area contributed by atoms with Crippen LogP contribution in [0.5, 0.6) is 0 Å². The van der Waals surface area contributed by atoms with Gasteiger partial charge in [0.1, 0.15) is 0 Å². The standard InChI is InChI=1S/C25H33N3O2/c1-25(2,3)27-24(30)21-10-6-7-11-22(21)26-23(29)20-14-12-19(13-15-20)18-28-16-8-4-5-9-17-28/h6-7,10-15H,4-5,8-9,16-18H2,1-3H3,(H,26,29)(H,27,30). The van der Waals surface area contributed by atoms with E-state index in [2.05, 4.69) is 15.5 Å². The summed E-state index contributed by atoms with van der Waals surface area (Å²) in [5, 5.41) is 5.84. The first-order chi connectivity index (χ1) is 14.3. The summed E-state index contributed by atoms with van der Waals surface area (Å²) >= 11 is 0. The molecule has 0 radical (unpaired) electrons. The van der Waals surface area contributed by atoms with Gasteiger partial charge in [-0.15, -0.1) is 0 Å². The van der Waals surface area contributed by atoms with Gasteiger partial charge in [-0.25, -0.2) is 0 Å². The molecule has 3 rings (SSSR count). The van der Waals surface area contributed by atoms with Gasteiger partial charge in [0, 0.05) is 17.6 Å². The van der Waals surface area contributed by atoms with Gasteiger partial charge in [0.15, 0.2) is 0 Å². The number of hydrogen-bond acceptors (Lipinski definition) is 3. The summed E-state index contributed by atoms with van der Waals surface area (Å²) in [7, 11) is 0. The Hall–Kier alpha value is -2.66. The van der Waals surface area contributed by atoms with E-state index in [9.17, 15) is 9.59 Å². The van der Waals surface area contributed by atoms with Crippen molar-refractivity contribution in [2.24, 2.45) is 0 Å². The number of nitrogens with one attached hydrogen (secondary N) is 2. The Morgan fingerprint density at radius 3 is 2.13 bits per heavy atom. The second kappa shape index (κ2) is 9.90. The number of rotatable bonds is 5. The number of anilines is 1. The highest BCUT2D eigenvalue weighted by Crippen LogP contribution is 2.18. The van der Waals surface area contributed by atoms with Crippen LogP contribution < -0.4 is 10.6 Å². The quantitative estimate of drug-likeness (QED) is 0.745. The molecule has 160 valence electrons. The third kappa shape index (κ3) is 6.42. The minimum Gasteiger partial charge on any atom is -0.347 e. The van der Waals surface area contributed by atoms with Gasteiger partial charge in [-0.3, -0.25) is 14.5 Å². The molecule has 0 atom stereocenters. The van der Waals surface area contributed by atoms with E-state index in [1.807, 2.05) is 51.1 Å². The van der Waals surface area contributed by atoms with Crippen LogP contribution in [0.15, 0.2) is 48.5 Å². The monoisotopic (exact) mass is 407 g/mol. The van der Waals surface area contributed by atoms with Crippen molar-refractivity contribution in [1.29, 1.82) is 0 Å². The molecule has 0 aliphatic carbocycles. The van der Waals surface area contributed by atoms with E-state index in [0.717, 1.165) is 19.6 Å². The number of para-hydroxylation sites is 1. The molecule has 2 N–H and O–H groups in total. The largest absolute Gasteiger partial charge is 0.347 e. The lowest BCUT2D eigenvalue weighted by Crippen LogP contribution is -2.40. The fourth-order valence-electron chi connectivity index (χ4n) is 3.71. The second-order valence-corrected chi connectivity index (χ2v) is 9.09. The first-order valence-corrected chi connectivity index (χ1v) is 10.9. The average molecular weight is 408 g/mol. The van der Waals surface area contributed by atoms with Crippen LogP contribution in [-0.2, 0) is 6.54 Å². The van der Waals surface area contributed by atoms with Gasteiger partial charge in [-0.05, 0) is 76.5 Å². The Morgan fingerprint density at radius 1 is 0.867 bits per heavy atom. The van der Waals surface area contributed by atoms with Crippen LogP contribution in [0.3, 0.4) is 0 Å². The summed E-state index contributed by atoms with van der Waals surface area (Å²) in [5.74, 6) is -0.418. The molecule has 1 aliphatic rings. The maximum absolute atomic E-state index is 12.8. The Balaban J connectivity index is 1.65. The van der Waals surface area contributed by atoms with E-state index in [-0.39, 0.29) is 17.4 Å². The first kappa shape index (κ1) is 22.0. The molecule has 2 aromatic rings.